The van der Waals surface area contributed by atoms with Crippen molar-refractivity contribution in [1.29, 1.82) is 0 Å². The highest BCUT2D eigenvalue weighted by atomic mass is 19.3. The zero-order valence-corrected chi connectivity index (χ0v) is 23.8. The summed E-state index contributed by atoms with van der Waals surface area (Å²) in [6.07, 6.45) is 6.27. The van der Waals surface area contributed by atoms with Gasteiger partial charge in [0.25, 0.3) is 5.92 Å². The first kappa shape index (κ1) is 28.4. The minimum absolute atomic E-state index is 0.355. The number of hydrogen-bond donors (Lipinski definition) is 0. The number of alkyl halides is 2. The molecule has 3 aliphatic rings. The van der Waals surface area contributed by atoms with Crippen molar-refractivity contribution in [1.82, 2.24) is 0 Å². The number of hydrogen-bond acceptors (Lipinski definition) is 3. The van der Waals surface area contributed by atoms with Crippen LogP contribution in [0.2, 0.25) is 0 Å². The summed E-state index contributed by atoms with van der Waals surface area (Å²) in [4.78, 5) is 4.84. The highest BCUT2D eigenvalue weighted by molar-refractivity contribution is 5.62. The van der Waals surface area contributed by atoms with E-state index in [0.717, 1.165) is 30.3 Å². The smallest absolute Gasteiger partial charge is 0.261 e. The molecule has 0 aromatic heterocycles. The topological polar surface area (TPSA) is 15.7 Å². The lowest BCUT2D eigenvalue weighted by atomic mass is 9.98. The molecule has 0 N–H and O–H groups in total. The second-order valence-electron chi connectivity index (χ2n) is 11.6. The van der Waals surface area contributed by atoms with E-state index in [-0.39, 0.29) is 0 Å². The molecule has 2 aromatic rings. The molecule has 1 saturated carbocycles. The lowest BCUT2D eigenvalue weighted by molar-refractivity contribution is -0.0294. The number of aryl methyl sites for hydroxylation is 1. The molecule has 1 aliphatic carbocycles. The van der Waals surface area contributed by atoms with Crippen molar-refractivity contribution in [2.45, 2.75) is 97.8 Å². The summed E-state index contributed by atoms with van der Waals surface area (Å²) in [7, 11) is 0. The fourth-order valence-corrected chi connectivity index (χ4v) is 5.53. The average molecular weight is 523 g/mol. The largest absolute Gasteiger partial charge is 0.375 e. The summed E-state index contributed by atoms with van der Waals surface area (Å²) < 4.78 is 33.1. The van der Waals surface area contributed by atoms with Gasteiger partial charge in [0.05, 0.1) is 18.6 Å². The molecule has 0 radical (unpaired) electrons. The third-order valence-electron chi connectivity index (χ3n) is 8.10. The van der Waals surface area contributed by atoms with Crippen LogP contribution in [-0.4, -0.2) is 37.7 Å². The van der Waals surface area contributed by atoms with Gasteiger partial charge in [-0.1, -0.05) is 42.5 Å². The Morgan fingerprint density at radius 1 is 0.868 bits per heavy atom. The number of anilines is 2. The molecule has 2 aromatic carbocycles. The van der Waals surface area contributed by atoms with Crippen LogP contribution in [0.4, 0.5) is 20.2 Å². The summed E-state index contributed by atoms with van der Waals surface area (Å²) in [5, 5.41) is 0. The number of benzene rings is 2. The zero-order chi connectivity index (χ0) is 27.3. The van der Waals surface area contributed by atoms with Gasteiger partial charge < -0.3 is 14.5 Å². The van der Waals surface area contributed by atoms with Gasteiger partial charge in [0.15, 0.2) is 0 Å². The van der Waals surface area contributed by atoms with E-state index in [0.29, 0.717) is 38.1 Å². The number of halogens is 2. The maximum Gasteiger partial charge on any atom is 0.261 e. The van der Waals surface area contributed by atoms with Crippen molar-refractivity contribution in [2.75, 3.05) is 29.5 Å². The van der Waals surface area contributed by atoms with Gasteiger partial charge >= 0.3 is 0 Å². The van der Waals surface area contributed by atoms with Crippen molar-refractivity contribution in [3.8, 4) is 11.8 Å². The molecule has 0 bridgehead atoms. The SMILES string of the molecule is CC(C)N1CCCCCc2ccccc21.CC(C)N1CCOCc2c(C#CC3(C(C)(F)F)CC3)cccc21. The maximum atomic E-state index is 13.7. The number of fused-ring (bicyclic) bond motifs is 2. The van der Waals surface area contributed by atoms with Gasteiger partial charge in [0.1, 0.15) is 0 Å². The Labute approximate surface area is 228 Å². The van der Waals surface area contributed by atoms with E-state index in [1.807, 2.05) is 12.1 Å². The van der Waals surface area contributed by atoms with E-state index in [9.17, 15) is 8.78 Å². The van der Waals surface area contributed by atoms with Gasteiger partial charge in [-0.15, -0.1) is 0 Å². The summed E-state index contributed by atoms with van der Waals surface area (Å²) in [5.74, 6) is 3.16. The molecule has 0 atom stereocenters. The third kappa shape index (κ3) is 6.52. The Morgan fingerprint density at radius 3 is 2.24 bits per heavy atom. The molecule has 0 amide bonds. The van der Waals surface area contributed by atoms with Gasteiger partial charge in [0, 0.05) is 54.6 Å². The molecule has 5 rings (SSSR count). The normalized spacial score (nSPS) is 18.7. The first-order chi connectivity index (χ1) is 18.1. The fourth-order valence-electron chi connectivity index (χ4n) is 5.53. The lowest BCUT2D eigenvalue weighted by Crippen LogP contribution is -2.33. The molecule has 2 aliphatic heterocycles. The highest BCUT2D eigenvalue weighted by Crippen LogP contribution is 2.56. The maximum absolute atomic E-state index is 13.7. The Bertz CT molecular complexity index is 1140. The molecule has 3 nitrogen and oxygen atoms in total. The molecular weight excluding hydrogens is 478 g/mol. The minimum atomic E-state index is -2.74. The van der Waals surface area contributed by atoms with Crippen LogP contribution < -0.4 is 9.80 Å². The first-order valence-electron chi connectivity index (χ1n) is 14.3. The van der Waals surface area contributed by atoms with Crippen molar-refractivity contribution in [3.63, 3.8) is 0 Å². The predicted molar refractivity (Wildman–Crippen MR) is 154 cm³/mol. The van der Waals surface area contributed by atoms with E-state index in [4.69, 9.17) is 4.74 Å². The Balaban J connectivity index is 0.000000194. The van der Waals surface area contributed by atoms with Gasteiger partial charge in [-0.05, 0) is 83.6 Å². The number of rotatable bonds is 3. The second-order valence-corrected chi connectivity index (χ2v) is 11.6. The van der Waals surface area contributed by atoms with Crippen molar-refractivity contribution in [2.24, 2.45) is 5.41 Å². The molecule has 0 unspecified atom stereocenters. The quantitative estimate of drug-likeness (QED) is 0.382. The molecule has 5 heteroatoms. The standard InChI is InChI=1S/C19H23F2NO.C14H21N/c1-14(2)22-11-12-23-13-16-15(5-4-6-17(16)22)7-8-19(9-10-19)18(3,20)21;1-12(2)15-11-7-3-4-8-13-9-5-6-10-14(13)15/h4-6,14H,9-13H2,1-3H3;5-6,9-10,12H,3-4,7-8,11H2,1-2H3. The van der Waals surface area contributed by atoms with Crippen LogP contribution in [-0.2, 0) is 17.8 Å². The number of ether oxygens (including phenoxy) is 1. The summed E-state index contributed by atoms with van der Waals surface area (Å²) >= 11 is 0. The molecule has 38 heavy (non-hydrogen) atoms. The number of nitrogens with zero attached hydrogens (tertiary/aromatic N) is 2. The Kier molecular flexibility index (Phi) is 9.04. The molecule has 2 heterocycles. The van der Waals surface area contributed by atoms with Crippen molar-refractivity contribution >= 4 is 11.4 Å². The molecule has 206 valence electrons. The Hall–Kier alpha value is -2.58. The van der Waals surface area contributed by atoms with E-state index >= 15 is 0 Å². The third-order valence-corrected chi connectivity index (χ3v) is 8.10. The van der Waals surface area contributed by atoms with Crippen LogP contribution in [0.5, 0.6) is 0 Å². The minimum Gasteiger partial charge on any atom is -0.375 e. The first-order valence-corrected chi connectivity index (χ1v) is 14.3. The van der Waals surface area contributed by atoms with E-state index < -0.39 is 11.3 Å². The van der Waals surface area contributed by atoms with E-state index in [1.54, 1.807) is 0 Å². The highest BCUT2D eigenvalue weighted by Gasteiger charge is 2.58. The molecular formula is C33H44F2N2O. The lowest BCUT2D eigenvalue weighted by Gasteiger charge is -2.32. The molecule has 0 spiro atoms. The molecule has 1 fully saturated rings. The van der Waals surface area contributed by atoms with Crippen molar-refractivity contribution in [3.05, 3.63) is 59.2 Å². The predicted octanol–water partition coefficient (Wildman–Crippen LogP) is 7.85. The number of para-hydroxylation sites is 1. The fraction of sp³-hybridized carbons (Fsp3) is 0.576. The van der Waals surface area contributed by atoms with Crippen molar-refractivity contribution < 1.29 is 13.5 Å². The average Bonchev–Trinajstić information content (AvgIpc) is 3.67. The van der Waals surface area contributed by atoms with Gasteiger partial charge in [-0.2, -0.15) is 0 Å². The van der Waals surface area contributed by atoms with Crippen LogP contribution in [0.3, 0.4) is 0 Å². The van der Waals surface area contributed by atoms with Gasteiger partial charge in [-0.25, -0.2) is 8.78 Å². The van der Waals surface area contributed by atoms with E-state index in [2.05, 4.69) is 79.7 Å². The van der Waals surface area contributed by atoms with Gasteiger partial charge in [0.2, 0.25) is 0 Å². The van der Waals surface area contributed by atoms with Crippen LogP contribution in [0.25, 0.3) is 0 Å². The molecule has 0 saturated heterocycles. The monoisotopic (exact) mass is 522 g/mol. The Morgan fingerprint density at radius 2 is 1.55 bits per heavy atom. The second kappa shape index (κ2) is 12.1. The summed E-state index contributed by atoms with van der Waals surface area (Å²) in [6.45, 7) is 13.0. The van der Waals surface area contributed by atoms with Crippen LogP contribution in [0.15, 0.2) is 42.5 Å². The van der Waals surface area contributed by atoms with Gasteiger partial charge in [-0.3, -0.25) is 0 Å². The van der Waals surface area contributed by atoms with Crippen LogP contribution in [0.1, 0.15) is 83.4 Å². The summed E-state index contributed by atoms with van der Waals surface area (Å²) in [6, 6.07) is 15.8. The summed E-state index contributed by atoms with van der Waals surface area (Å²) in [5.41, 5.74) is 4.81. The van der Waals surface area contributed by atoms with E-state index in [1.165, 1.54) is 43.5 Å². The van der Waals surface area contributed by atoms with Crippen LogP contribution >= 0.6 is 0 Å². The van der Waals surface area contributed by atoms with Crippen LogP contribution in [0, 0.1) is 17.3 Å². The zero-order valence-electron chi connectivity index (χ0n) is 23.8.